The molecule has 0 aliphatic heterocycles. The Morgan fingerprint density at radius 3 is 2.60 bits per heavy atom. The summed E-state index contributed by atoms with van der Waals surface area (Å²) in [4.78, 5) is 23.1. The number of hydrogen-bond donors (Lipinski definition) is 0. The first-order valence-electron chi connectivity index (χ1n) is 5.91. The number of carbonyl (C=O) groups excluding carboxylic acids is 2. The summed E-state index contributed by atoms with van der Waals surface area (Å²) in [6, 6.07) is 1.26. The lowest BCUT2D eigenvalue weighted by Gasteiger charge is -2.19. The highest BCUT2D eigenvalue weighted by Gasteiger charge is 2.31. The van der Waals surface area contributed by atoms with Crippen LogP contribution < -0.4 is 0 Å². The van der Waals surface area contributed by atoms with Gasteiger partial charge in [-0.05, 0) is 30.6 Å². The predicted octanol–water partition coefficient (Wildman–Crippen LogP) is 2.64. The molecule has 20 heavy (non-hydrogen) atoms. The Bertz CT molecular complexity index is 608. The van der Waals surface area contributed by atoms with E-state index in [0.29, 0.717) is 6.07 Å². The molecule has 1 atom stereocenters. The smallest absolute Gasteiger partial charge is 0.316 e. The molecule has 0 saturated heterocycles. The quantitative estimate of drug-likeness (QED) is 0.476. The van der Waals surface area contributed by atoms with Crippen LogP contribution in [-0.4, -0.2) is 18.9 Å². The highest BCUT2D eigenvalue weighted by Crippen LogP contribution is 2.31. The van der Waals surface area contributed by atoms with Crippen LogP contribution in [0, 0.1) is 23.4 Å². The van der Waals surface area contributed by atoms with Gasteiger partial charge >= 0.3 is 5.97 Å². The van der Waals surface area contributed by atoms with Crippen molar-refractivity contribution in [1.29, 1.82) is 0 Å². The van der Waals surface area contributed by atoms with Crippen LogP contribution in [0.2, 0.25) is 0 Å². The molecule has 0 spiro atoms. The van der Waals surface area contributed by atoms with Crippen molar-refractivity contribution in [3.05, 3.63) is 41.2 Å². The van der Waals surface area contributed by atoms with Crippen molar-refractivity contribution in [2.75, 3.05) is 7.11 Å². The predicted molar refractivity (Wildman–Crippen MR) is 64.0 cm³/mol. The Morgan fingerprint density at radius 1 is 1.30 bits per heavy atom. The summed E-state index contributed by atoms with van der Waals surface area (Å²) in [6.45, 7) is 0. The molecule has 1 aromatic rings. The van der Waals surface area contributed by atoms with Crippen molar-refractivity contribution in [3.63, 3.8) is 0 Å². The van der Waals surface area contributed by atoms with Gasteiger partial charge in [0.1, 0.15) is 11.7 Å². The van der Waals surface area contributed by atoms with Gasteiger partial charge < -0.3 is 4.74 Å². The highest BCUT2D eigenvalue weighted by atomic mass is 19.2. The lowest BCUT2D eigenvalue weighted by Crippen LogP contribution is -2.26. The second kappa shape index (κ2) is 5.48. The van der Waals surface area contributed by atoms with Gasteiger partial charge in [-0.3, -0.25) is 9.59 Å². The van der Waals surface area contributed by atoms with E-state index in [4.69, 9.17) is 0 Å². The highest BCUT2D eigenvalue weighted by molar-refractivity contribution is 6.09. The van der Waals surface area contributed by atoms with E-state index in [-0.39, 0.29) is 24.0 Å². The number of rotatable bonds is 2. The molecule has 0 radical (unpaired) electrons. The molecular formula is C14H11F3O3. The molecule has 1 aromatic carbocycles. The minimum Gasteiger partial charge on any atom is -0.468 e. The maximum atomic E-state index is 13.6. The average Bonchev–Trinajstić information content (AvgIpc) is 2.41. The molecule has 0 saturated carbocycles. The zero-order chi connectivity index (χ0) is 14.9. The first-order valence-corrected chi connectivity index (χ1v) is 5.91. The fourth-order valence-corrected chi connectivity index (χ4v) is 2.16. The van der Waals surface area contributed by atoms with E-state index in [9.17, 15) is 22.8 Å². The molecule has 1 unspecified atom stereocenters. The van der Waals surface area contributed by atoms with Gasteiger partial charge in [-0.2, -0.15) is 0 Å². The van der Waals surface area contributed by atoms with E-state index in [1.54, 1.807) is 0 Å². The third-order valence-electron chi connectivity index (χ3n) is 3.19. The number of esters is 1. The molecule has 0 heterocycles. The summed E-state index contributed by atoms with van der Waals surface area (Å²) in [7, 11) is 1.16. The summed E-state index contributed by atoms with van der Waals surface area (Å²) in [5.41, 5.74) is -0.120. The van der Waals surface area contributed by atoms with Gasteiger partial charge in [-0.1, -0.05) is 0 Å². The van der Waals surface area contributed by atoms with Gasteiger partial charge in [0, 0.05) is 11.6 Å². The first kappa shape index (κ1) is 14.3. The zero-order valence-corrected chi connectivity index (χ0v) is 10.6. The van der Waals surface area contributed by atoms with Crippen molar-refractivity contribution < 1.29 is 27.5 Å². The third-order valence-corrected chi connectivity index (χ3v) is 3.19. The molecule has 1 aliphatic carbocycles. The van der Waals surface area contributed by atoms with Crippen LogP contribution in [0.3, 0.4) is 0 Å². The van der Waals surface area contributed by atoms with Crippen LogP contribution in [0.5, 0.6) is 0 Å². The van der Waals surface area contributed by atoms with Gasteiger partial charge in [-0.25, -0.2) is 13.2 Å². The summed E-state index contributed by atoms with van der Waals surface area (Å²) in [5, 5.41) is 0. The lowest BCUT2D eigenvalue weighted by atomic mass is 9.85. The zero-order valence-electron chi connectivity index (χ0n) is 10.6. The van der Waals surface area contributed by atoms with Crippen molar-refractivity contribution in [1.82, 2.24) is 0 Å². The molecule has 0 fully saturated rings. The summed E-state index contributed by atoms with van der Waals surface area (Å²) >= 11 is 0. The number of methoxy groups -OCH3 is 1. The van der Waals surface area contributed by atoms with Crippen LogP contribution in [0.1, 0.15) is 18.4 Å². The molecule has 6 heteroatoms. The molecular weight excluding hydrogens is 273 g/mol. The van der Waals surface area contributed by atoms with E-state index in [0.717, 1.165) is 19.3 Å². The lowest BCUT2D eigenvalue weighted by molar-refractivity contribution is -0.148. The van der Waals surface area contributed by atoms with E-state index < -0.39 is 35.1 Å². The molecule has 2 rings (SSSR count). The summed E-state index contributed by atoms with van der Waals surface area (Å²) in [6.07, 6.45) is 1.32. The third kappa shape index (κ3) is 2.59. The molecule has 3 nitrogen and oxygen atoms in total. The number of allylic oxidation sites excluding steroid dienone is 2. The van der Waals surface area contributed by atoms with Crippen molar-refractivity contribution >= 4 is 17.3 Å². The number of halogens is 3. The second-order valence-electron chi connectivity index (χ2n) is 4.44. The van der Waals surface area contributed by atoms with E-state index in [1.807, 2.05) is 0 Å². The second-order valence-corrected chi connectivity index (χ2v) is 4.44. The molecule has 0 aromatic heterocycles. The normalized spacial score (nSPS) is 18.7. The van der Waals surface area contributed by atoms with E-state index >= 15 is 0 Å². The summed E-state index contributed by atoms with van der Waals surface area (Å²) < 4.78 is 44.4. The number of hydrogen-bond acceptors (Lipinski definition) is 3. The Kier molecular flexibility index (Phi) is 3.92. The van der Waals surface area contributed by atoms with Crippen LogP contribution in [0.25, 0.3) is 5.57 Å². The molecule has 0 N–H and O–H groups in total. The molecule has 0 amide bonds. The van der Waals surface area contributed by atoms with Crippen LogP contribution in [-0.2, 0) is 14.3 Å². The Labute approximate surface area is 113 Å². The maximum absolute atomic E-state index is 13.6. The van der Waals surface area contributed by atoms with Crippen molar-refractivity contribution in [2.45, 2.75) is 12.8 Å². The molecule has 1 aliphatic rings. The van der Waals surface area contributed by atoms with Crippen molar-refractivity contribution in [2.24, 2.45) is 5.92 Å². The minimum absolute atomic E-state index is 0.120. The molecule has 106 valence electrons. The van der Waals surface area contributed by atoms with Crippen LogP contribution >= 0.6 is 0 Å². The number of ether oxygens (including phenoxy) is 1. The fraction of sp³-hybridized carbons (Fsp3) is 0.286. The monoisotopic (exact) mass is 284 g/mol. The molecule has 0 bridgehead atoms. The number of carbonyl (C=O) groups is 2. The average molecular weight is 284 g/mol. The van der Waals surface area contributed by atoms with Crippen LogP contribution in [0.4, 0.5) is 13.2 Å². The van der Waals surface area contributed by atoms with Gasteiger partial charge in [0.15, 0.2) is 17.4 Å². The number of ketones is 1. The standard InChI is InChI=1S/C14H11F3O3/c1-20-14(19)9-3-2-7(4-12(9)18)10-5-8(15)6-11(16)13(10)17/h4-6,9H,2-3H2,1H3. The SMILES string of the molecule is COC(=O)C1CCC(c2cc(F)cc(F)c2F)=CC1=O. The van der Waals surface area contributed by atoms with Gasteiger partial charge in [0.2, 0.25) is 0 Å². The van der Waals surface area contributed by atoms with E-state index in [1.165, 1.54) is 0 Å². The van der Waals surface area contributed by atoms with Crippen molar-refractivity contribution in [3.8, 4) is 0 Å². The minimum atomic E-state index is -1.32. The topological polar surface area (TPSA) is 43.4 Å². The first-order chi connectivity index (χ1) is 9.43. The van der Waals surface area contributed by atoms with Gasteiger partial charge in [0.25, 0.3) is 0 Å². The van der Waals surface area contributed by atoms with Gasteiger partial charge in [0.05, 0.1) is 7.11 Å². The summed E-state index contributed by atoms with van der Waals surface area (Å²) in [5.74, 6) is -5.61. The van der Waals surface area contributed by atoms with E-state index in [2.05, 4.69) is 4.74 Å². The fourth-order valence-electron chi connectivity index (χ4n) is 2.16. The van der Waals surface area contributed by atoms with Crippen LogP contribution in [0.15, 0.2) is 18.2 Å². The largest absolute Gasteiger partial charge is 0.468 e. The van der Waals surface area contributed by atoms with Gasteiger partial charge in [-0.15, -0.1) is 0 Å². The Hall–Kier alpha value is -2.11. The Balaban J connectivity index is 2.37. The number of benzene rings is 1. The maximum Gasteiger partial charge on any atom is 0.316 e. The Morgan fingerprint density at radius 2 is 2.00 bits per heavy atom.